The van der Waals surface area contributed by atoms with Gasteiger partial charge in [-0.05, 0) is 30.2 Å². The van der Waals surface area contributed by atoms with E-state index in [1.807, 2.05) is 48.5 Å². The van der Waals surface area contributed by atoms with E-state index in [1.165, 1.54) is 18.4 Å². The summed E-state index contributed by atoms with van der Waals surface area (Å²) < 4.78 is 12.6. The van der Waals surface area contributed by atoms with Gasteiger partial charge >= 0.3 is 5.97 Å². The molecule has 8 nitrogen and oxygen atoms in total. The fourth-order valence-corrected chi connectivity index (χ4v) is 5.75. The Kier molecular flexibility index (Phi) is 6.38. The second kappa shape index (κ2) is 9.61. The first-order valence-corrected chi connectivity index (χ1v) is 12.1. The van der Waals surface area contributed by atoms with Gasteiger partial charge in [-0.25, -0.2) is 15.2 Å². The van der Waals surface area contributed by atoms with Crippen LogP contribution in [-0.2, 0) is 9.53 Å². The molecule has 0 aliphatic carbocycles. The quantitative estimate of drug-likeness (QED) is 0.530. The first-order chi connectivity index (χ1) is 17.0. The molecule has 1 fully saturated rings. The van der Waals surface area contributed by atoms with E-state index in [4.69, 9.17) is 9.47 Å². The number of hydrogen-bond acceptors (Lipinski definition) is 8. The molecular formula is C26H26N4O4S. The number of carbonyl (C=O) groups is 1. The number of rotatable bonds is 5. The molecule has 2 N–H and O–H groups in total. The lowest BCUT2D eigenvalue weighted by Gasteiger charge is -2.24. The summed E-state index contributed by atoms with van der Waals surface area (Å²) >= 11 is 1.34. The van der Waals surface area contributed by atoms with Crippen molar-refractivity contribution in [2.24, 2.45) is 10.9 Å². The Morgan fingerprint density at radius 3 is 2.54 bits per heavy atom. The van der Waals surface area contributed by atoms with Crippen molar-refractivity contribution < 1.29 is 14.3 Å². The number of esters is 1. The largest absolute Gasteiger partial charge is 0.497 e. The van der Waals surface area contributed by atoms with Gasteiger partial charge in [0.05, 0.1) is 42.1 Å². The molecule has 2 aromatic carbocycles. The summed E-state index contributed by atoms with van der Waals surface area (Å²) in [6, 6.07) is 16.9. The summed E-state index contributed by atoms with van der Waals surface area (Å²) in [6.07, 6.45) is 2.01. The molecule has 0 bridgehead atoms. The van der Waals surface area contributed by atoms with Crippen LogP contribution in [0.4, 0.5) is 0 Å². The zero-order valence-electron chi connectivity index (χ0n) is 19.6. The highest BCUT2D eigenvalue weighted by Crippen LogP contribution is 2.31. The Labute approximate surface area is 206 Å². The average Bonchev–Trinajstić information content (AvgIpc) is 3.47. The summed E-state index contributed by atoms with van der Waals surface area (Å²) in [5.41, 5.74) is 9.16. The lowest BCUT2D eigenvalue weighted by atomic mass is 9.94. The van der Waals surface area contributed by atoms with E-state index in [0.29, 0.717) is 32.9 Å². The third kappa shape index (κ3) is 4.22. The topological polar surface area (TPSA) is 94.0 Å². The summed E-state index contributed by atoms with van der Waals surface area (Å²) in [5, 5.41) is 0. The highest BCUT2D eigenvalue weighted by molar-refractivity contribution is 7.07. The number of aromatic nitrogens is 1. The fraction of sp³-hybridized carbons (Fsp3) is 0.269. The molecule has 5 rings (SSSR count). The van der Waals surface area contributed by atoms with Gasteiger partial charge in [0.1, 0.15) is 5.75 Å². The Bertz CT molecular complexity index is 1460. The Morgan fingerprint density at radius 1 is 1.11 bits per heavy atom. The van der Waals surface area contributed by atoms with Crippen LogP contribution in [0.2, 0.25) is 0 Å². The van der Waals surface area contributed by atoms with E-state index in [2.05, 4.69) is 28.0 Å². The molecule has 1 aromatic heterocycles. The van der Waals surface area contributed by atoms with Crippen molar-refractivity contribution in [1.29, 1.82) is 0 Å². The molecule has 9 heteroatoms. The average molecular weight is 491 g/mol. The number of ether oxygens (including phenoxy) is 2. The van der Waals surface area contributed by atoms with Gasteiger partial charge in [-0.3, -0.25) is 14.8 Å². The van der Waals surface area contributed by atoms with Gasteiger partial charge in [0.2, 0.25) is 0 Å². The molecule has 3 atom stereocenters. The number of fused-ring (bicyclic) bond motifs is 1. The Hall–Kier alpha value is -3.53. The molecule has 0 amide bonds. The van der Waals surface area contributed by atoms with Crippen LogP contribution < -0.4 is 30.5 Å². The summed E-state index contributed by atoms with van der Waals surface area (Å²) in [4.78, 5) is 31.7. The van der Waals surface area contributed by atoms with Crippen molar-refractivity contribution in [2.75, 3.05) is 20.8 Å². The summed E-state index contributed by atoms with van der Waals surface area (Å²) in [6.45, 7) is 2.46. The van der Waals surface area contributed by atoms with Crippen molar-refractivity contribution in [3.63, 3.8) is 0 Å². The SMILES string of the molecule is COC(=O)C1=C(C)N=c2s/c(=C/C3CNNC3c3ccccc3)c(=O)n2C1c1ccc(OC)cc1. The highest BCUT2D eigenvalue weighted by Gasteiger charge is 2.33. The van der Waals surface area contributed by atoms with Crippen molar-refractivity contribution in [3.05, 3.63) is 96.7 Å². The smallest absolute Gasteiger partial charge is 0.338 e. The molecule has 0 radical (unpaired) electrons. The van der Waals surface area contributed by atoms with E-state index in [9.17, 15) is 9.59 Å². The van der Waals surface area contributed by atoms with Crippen LogP contribution in [0.25, 0.3) is 6.08 Å². The maximum Gasteiger partial charge on any atom is 0.338 e. The minimum atomic E-state index is -0.642. The molecule has 35 heavy (non-hydrogen) atoms. The molecule has 3 aromatic rings. The third-order valence-corrected chi connectivity index (χ3v) is 7.41. The van der Waals surface area contributed by atoms with Crippen LogP contribution >= 0.6 is 11.3 Å². The van der Waals surface area contributed by atoms with E-state index < -0.39 is 12.0 Å². The lowest BCUT2D eigenvalue weighted by Crippen LogP contribution is -2.40. The van der Waals surface area contributed by atoms with Crippen LogP contribution in [0.15, 0.2) is 75.7 Å². The molecule has 0 saturated carbocycles. The maximum atomic E-state index is 13.8. The first kappa shape index (κ1) is 23.2. The Morgan fingerprint density at radius 2 is 1.86 bits per heavy atom. The van der Waals surface area contributed by atoms with Crippen molar-refractivity contribution in [1.82, 2.24) is 15.4 Å². The molecule has 2 aliphatic rings. The number of hydrogen-bond donors (Lipinski definition) is 2. The molecule has 1 saturated heterocycles. The van der Waals surface area contributed by atoms with Crippen LogP contribution in [0.3, 0.4) is 0 Å². The van der Waals surface area contributed by atoms with Crippen LogP contribution in [-0.4, -0.2) is 31.3 Å². The molecular weight excluding hydrogens is 464 g/mol. The molecule has 3 unspecified atom stereocenters. The zero-order valence-corrected chi connectivity index (χ0v) is 20.5. The van der Waals surface area contributed by atoms with Crippen LogP contribution in [0.5, 0.6) is 5.75 Å². The van der Waals surface area contributed by atoms with Gasteiger partial charge in [0.25, 0.3) is 5.56 Å². The number of carbonyl (C=O) groups excluding carboxylic acids is 1. The molecule has 2 aliphatic heterocycles. The standard InChI is InChI=1S/C26H26N4O4S/c1-15-21(25(32)34-3)23(17-9-11-19(33-2)12-10-17)30-24(31)20(35-26(30)28-15)13-18-14-27-29-22(18)16-7-5-4-6-8-16/h4-13,18,22-23,27,29H,14H2,1-3H3/b20-13+. The van der Waals surface area contributed by atoms with Crippen LogP contribution in [0, 0.1) is 5.92 Å². The van der Waals surface area contributed by atoms with Crippen molar-refractivity contribution in [3.8, 4) is 5.75 Å². The van der Waals surface area contributed by atoms with Crippen molar-refractivity contribution >= 4 is 23.4 Å². The lowest BCUT2D eigenvalue weighted by molar-refractivity contribution is -0.136. The summed E-state index contributed by atoms with van der Waals surface area (Å²) in [7, 11) is 2.93. The minimum absolute atomic E-state index is 0.0412. The predicted octanol–water partition coefficient (Wildman–Crippen LogP) is 1.83. The summed E-state index contributed by atoms with van der Waals surface area (Å²) in [5.74, 6) is 0.253. The number of nitrogens with zero attached hydrogens (tertiary/aromatic N) is 2. The monoisotopic (exact) mass is 490 g/mol. The Balaban J connectivity index is 1.64. The second-order valence-electron chi connectivity index (χ2n) is 8.45. The predicted molar refractivity (Wildman–Crippen MR) is 133 cm³/mol. The maximum absolute atomic E-state index is 13.8. The number of benzene rings is 2. The van der Waals surface area contributed by atoms with Gasteiger partial charge in [0, 0.05) is 12.5 Å². The number of methoxy groups -OCH3 is 2. The molecule has 3 heterocycles. The van der Waals surface area contributed by atoms with Gasteiger partial charge in [-0.2, -0.15) is 0 Å². The number of thiazole rings is 1. The van der Waals surface area contributed by atoms with Crippen molar-refractivity contribution in [2.45, 2.75) is 19.0 Å². The minimum Gasteiger partial charge on any atom is -0.497 e. The third-order valence-electron chi connectivity index (χ3n) is 6.41. The highest BCUT2D eigenvalue weighted by atomic mass is 32.1. The van der Waals surface area contributed by atoms with Gasteiger partial charge in [-0.15, -0.1) is 0 Å². The molecule has 0 spiro atoms. The number of allylic oxidation sites excluding steroid dienone is 1. The van der Waals surface area contributed by atoms with E-state index in [0.717, 1.165) is 11.1 Å². The van der Waals surface area contributed by atoms with E-state index in [1.54, 1.807) is 18.6 Å². The zero-order chi connectivity index (χ0) is 24.5. The van der Waals surface area contributed by atoms with E-state index in [-0.39, 0.29) is 17.5 Å². The normalized spacial score (nSPS) is 22.0. The second-order valence-corrected chi connectivity index (χ2v) is 9.46. The van der Waals surface area contributed by atoms with Gasteiger partial charge < -0.3 is 9.47 Å². The fourth-order valence-electron chi connectivity index (χ4n) is 4.66. The molecule has 180 valence electrons. The van der Waals surface area contributed by atoms with E-state index >= 15 is 0 Å². The first-order valence-electron chi connectivity index (χ1n) is 11.3. The van der Waals surface area contributed by atoms with Gasteiger partial charge in [-0.1, -0.05) is 59.9 Å². The number of nitrogens with one attached hydrogen (secondary N) is 2. The number of hydrazine groups is 1. The van der Waals surface area contributed by atoms with Gasteiger partial charge in [0.15, 0.2) is 4.80 Å². The van der Waals surface area contributed by atoms with Crippen LogP contribution in [0.1, 0.15) is 30.1 Å².